The van der Waals surface area contributed by atoms with E-state index in [1.165, 1.54) is 16.8 Å². The fraction of sp³-hybridized carbons (Fsp3) is 0.167. The minimum absolute atomic E-state index is 0.0830. The predicted octanol–water partition coefficient (Wildman–Crippen LogP) is 0.544. The Kier molecular flexibility index (Phi) is 3.67. The largest absolute Gasteiger partial charge is 0.368 e. The van der Waals surface area contributed by atoms with Crippen molar-refractivity contribution < 1.29 is 12.8 Å². The Morgan fingerprint density at radius 3 is 2.68 bits per heavy atom. The molecular weight excluding hydrogens is 311 g/mol. The second-order valence-corrected chi connectivity index (χ2v) is 6.55. The van der Waals surface area contributed by atoms with Crippen molar-refractivity contribution in [2.45, 2.75) is 4.90 Å². The topological polar surface area (TPSA) is 102 Å². The van der Waals surface area contributed by atoms with Crippen molar-refractivity contribution in [1.82, 2.24) is 25.3 Å². The van der Waals surface area contributed by atoms with E-state index in [1.807, 2.05) is 0 Å². The summed E-state index contributed by atoms with van der Waals surface area (Å²) in [6, 6.07) is 8.03. The van der Waals surface area contributed by atoms with Crippen molar-refractivity contribution in [3.05, 3.63) is 42.2 Å². The quantitative estimate of drug-likeness (QED) is 0.684. The lowest BCUT2D eigenvalue weighted by molar-refractivity contribution is 0.595. The third-order valence-electron chi connectivity index (χ3n) is 2.92. The van der Waals surface area contributed by atoms with Gasteiger partial charge in [-0.1, -0.05) is 0 Å². The van der Waals surface area contributed by atoms with E-state index in [9.17, 15) is 12.8 Å². The minimum atomic E-state index is -3.48. The van der Waals surface area contributed by atoms with Gasteiger partial charge in [0.05, 0.1) is 10.6 Å². The number of hydrogen-bond donors (Lipinski definition) is 1. The van der Waals surface area contributed by atoms with Gasteiger partial charge in [-0.3, -0.25) is 0 Å². The molecule has 0 aliphatic rings. The maximum atomic E-state index is 12.8. The standard InChI is InChI=1S/C12H11FN6O2S/c13-9-1-3-10(4-2-9)22(20,21)8-7-14-11-5-6-12-15-17-18-19(12)16-11/h1-6H,7-8H2,(H,14,16). The maximum Gasteiger partial charge on any atom is 0.200 e. The molecule has 0 radical (unpaired) electrons. The molecule has 1 aromatic carbocycles. The molecule has 0 aliphatic heterocycles. The van der Waals surface area contributed by atoms with E-state index < -0.39 is 15.7 Å². The average molecular weight is 322 g/mol. The molecule has 2 heterocycles. The first-order chi connectivity index (χ1) is 10.5. The number of nitrogens with zero attached hydrogens (tertiary/aromatic N) is 5. The van der Waals surface area contributed by atoms with Crippen molar-refractivity contribution in [2.75, 3.05) is 17.6 Å². The maximum absolute atomic E-state index is 12.8. The number of rotatable bonds is 5. The van der Waals surface area contributed by atoms with Gasteiger partial charge in [0, 0.05) is 6.54 Å². The second kappa shape index (κ2) is 5.64. The molecule has 0 aliphatic carbocycles. The highest BCUT2D eigenvalue weighted by molar-refractivity contribution is 7.91. The van der Waals surface area contributed by atoms with Crippen molar-refractivity contribution >= 4 is 21.3 Å². The van der Waals surface area contributed by atoms with Gasteiger partial charge in [-0.2, -0.15) is 0 Å². The number of hydrogen-bond acceptors (Lipinski definition) is 7. The molecule has 0 bridgehead atoms. The summed E-state index contributed by atoms with van der Waals surface area (Å²) in [5.41, 5.74) is 0.490. The van der Waals surface area contributed by atoms with Crippen LogP contribution in [0.5, 0.6) is 0 Å². The Balaban J connectivity index is 1.65. The van der Waals surface area contributed by atoms with Gasteiger partial charge >= 0.3 is 0 Å². The van der Waals surface area contributed by atoms with E-state index >= 15 is 0 Å². The Morgan fingerprint density at radius 2 is 1.91 bits per heavy atom. The van der Waals surface area contributed by atoms with Gasteiger partial charge in [-0.15, -0.1) is 14.8 Å². The van der Waals surface area contributed by atoms with Crippen LogP contribution in [0, 0.1) is 5.82 Å². The summed E-state index contributed by atoms with van der Waals surface area (Å²) in [6.07, 6.45) is 0. The summed E-state index contributed by atoms with van der Waals surface area (Å²) in [5, 5.41) is 17.8. The van der Waals surface area contributed by atoms with Crippen LogP contribution in [0.25, 0.3) is 5.65 Å². The van der Waals surface area contributed by atoms with Gasteiger partial charge in [0.15, 0.2) is 15.5 Å². The number of benzene rings is 1. The Morgan fingerprint density at radius 1 is 1.14 bits per heavy atom. The normalized spacial score (nSPS) is 11.7. The summed E-state index contributed by atoms with van der Waals surface area (Å²) < 4.78 is 38.2. The van der Waals surface area contributed by atoms with E-state index in [1.54, 1.807) is 12.1 Å². The number of halogens is 1. The number of tetrazole rings is 1. The van der Waals surface area contributed by atoms with Crippen LogP contribution < -0.4 is 5.32 Å². The zero-order valence-corrected chi connectivity index (χ0v) is 12.0. The molecule has 0 spiro atoms. The molecule has 0 fully saturated rings. The van der Waals surface area contributed by atoms with Crippen LogP contribution in [0.3, 0.4) is 0 Å². The lowest BCUT2D eigenvalue weighted by Crippen LogP contribution is -2.17. The molecule has 0 saturated carbocycles. The summed E-state index contributed by atoms with van der Waals surface area (Å²) in [6.45, 7) is 0.153. The molecule has 3 aromatic rings. The van der Waals surface area contributed by atoms with E-state index in [0.717, 1.165) is 12.1 Å². The SMILES string of the molecule is O=S(=O)(CCNc1ccc2nnnn2n1)c1ccc(F)cc1. The first-order valence-corrected chi connectivity index (χ1v) is 7.97. The fourth-order valence-corrected chi connectivity index (χ4v) is 2.97. The van der Waals surface area contributed by atoms with E-state index in [4.69, 9.17) is 0 Å². The Labute approximate surface area is 124 Å². The number of nitrogens with one attached hydrogen (secondary N) is 1. The Bertz CT molecular complexity index is 893. The molecule has 22 heavy (non-hydrogen) atoms. The summed E-state index contributed by atoms with van der Waals surface area (Å²) in [7, 11) is -3.48. The molecule has 2 aromatic heterocycles. The van der Waals surface area contributed by atoms with Crippen molar-refractivity contribution in [1.29, 1.82) is 0 Å². The summed E-state index contributed by atoms with van der Waals surface area (Å²) in [4.78, 5) is 0.0830. The van der Waals surface area contributed by atoms with Gasteiger partial charge < -0.3 is 5.32 Å². The molecule has 0 amide bonds. The van der Waals surface area contributed by atoms with Crippen molar-refractivity contribution in [2.24, 2.45) is 0 Å². The van der Waals surface area contributed by atoms with Crippen LogP contribution in [0.4, 0.5) is 10.2 Å². The van der Waals surface area contributed by atoms with Crippen LogP contribution in [0.15, 0.2) is 41.3 Å². The van der Waals surface area contributed by atoms with Crippen LogP contribution in [0.1, 0.15) is 0 Å². The number of fused-ring (bicyclic) bond motifs is 1. The molecule has 10 heteroatoms. The van der Waals surface area contributed by atoms with Crippen LogP contribution in [0.2, 0.25) is 0 Å². The Hall–Kier alpha value is -2.62. The number of sulfone groups is 1. The summed E-state index contributed by atoms with van der Waals surface area (Å²) in [5.74, 6) is -0.168. The third kappa shape index (κ3) is 3.01. The van der Waals surface area contributed by atoms with Gasteiger partial charge in [0.1, 0.15) is 11.6 Å². The van der Waals surface area contributed by atoms with Gasteiger partial charge in [-0.25, -0.2) is 12.8 Å². The van der Waals surface area contributed by atoms with E-state index in [-0.39, 0.29) is 17.2 Å². The fourth-order valence-electron chi connectivity index (χ4n) is 1.82. The predicted molar refractivity (Wildman–Crippen MR) is 75.5 cm³/mol. The van der Waals surface area contributed by atoms with Gasteiger partial charge in [-0.05, 0) is 46.8 Å². The van der Waals surface area contributed by atoms with Gasteiger partial charge in [0.2, 0.25) is 0 Å². The monoisotopic (exact) mass is 322 g/mol. The van der Waals surface area contributed by atoms with Crippen LogP contribution >= 0.6 is 0 Å². The smallest absolute Gasteiger partial charge is 0.200 e. The molecule has 0 saturated heterocycles. The molecule has 1 N–H and O–H groups in total. The zero-order valence-electron chi connectivity index (χ0n) is 11.2. The first kappa shape index (κ1) is 14.3. The molecule has 0 unspecified atom stereocenters. The lowest BCUT2D eigenvalue weighted by atomic mass is 10.4. The highest BCUT2D eigenvalue weighted by atomic mass is 32.2. The molecule has 0 atom stereocenters. The van der Waals surface area contributed by atoms with E-state index in [0.29, 0.717) is 11.5 Å². The molecule has 114 valence electrons. The minimum Gasteiger partial charge on any atom is -0.368 e. The molecule has 3 rings (SSSR count). The summed E-state index contributed by atoms with van der Waals surface area (Å²) >= 11 is 0. The number of anilines is 1. The van der Waals surface area contributed by atoms with Gasteiger partial charge in [0.25, 0.3) is 0 Å². The van der Waals surface area contributed by atoms with Crippen molar-refractivity contribution in [3.8, 4) is 0 Å². The molecular formula is C12H11FN6O2S. The molecule has 8 nitrogen and oxygen atoms in total. The third-order valence-corrected chi connectivity index (χ3v) is 4.65. The first-order valence-electron chi connectivity index (χ1n) is 6.32. The average Bonchev–Trinajstić information content (AvgIpc) is 2.95. The van der Waals surface area contributed by atoms with Crippen LogP contribution in [-0.2, 0) is 9.84 Å². The highest BCUT2D eigenvalue weighted by Gasteiger charge is 2.14. The highest BCUT2D eigenvalue weighted by Crippen LogP contribution is 2.12. The van der Waals surface area contributed by atoms with E-state index in [2.05, 4.69) is 25.9 Å². The van der Waals surface area contributed by atoms with Crippen molar-refractivity contribution in [3.63, 3.8) is 0 Å². The zero-order chi connectivity index (χ0) is 15.6. The number of aromatic nitrogens is 5. The second-order valence-electron chi connectivity index (χ2n) is 4.44. The lowest BCUT2D eigenvalue weighted by Gasteiger charge is -2.06. The van der Waals surface area contributed by atoms with Crippen LogP contribution in [-0.4, -0.2) is 46.0 Å².